The Hall–Kier alpha value is -3.35. The van der Waals surface area contributed by atoms with E-state index in [1.54, 1.807) is 13.0 Å². The molecule has 1 aliphatic heterocycles. The third-order valence-corrected chi connectivity index (χ3v) is 3.53. The number of aliphatic imine (C=N–C) groups is 1. The molecule has 1 heterocycles. The fourth-order valence-corrected chi connectivity index (χ4v) is 2.29. The molecule has 0 amide bonds. The van der Waals surface area contributed by atoms with Gasteiger partial charge in [-0.2, -0.15) is 0 Å². The standard InChI is InChI=1S/C17H11FN2O4/c1-10-13(3-2-4-15(10)20(22)23)16-19-14(17(21)24-16)9-11-5-7-12(18)8-6-11/h2-9H,1H3. The zero-order valence-electron chi connectivity index (χ0n) is 12.5. The minimum Gasteiger partial charge on any atom is -0.402 e. The lowest BCUT2D eigenvalue weighted by molar-refractivity contribution is -0.385. The maximum Gasteiger partial charge on any atom is 0.363 e. The number of cyclic esters (lactones) is 1. The highest BCUT2D eigenvalue weighted by atomic mass is 19.1. The number of nitro benzene ring substituents is 1. The highest BCUT2D eigenvalue weighted by molar-refractivity contribution is 6.13. The Labute approximate surface area is 136 Å². The summed E-state index contributed by atoms with van der Waals surface area (Å²) in [5, 5.41) is 11.0. The molecule has 0 saturated carbocycles. The van der Waals surface area contributed by atoms with Gasteiger partial charge < -0.3 is 4.74 Å². The van der Waals surface area contributed by atoms with E-state index < -0.39 is 10.9 Å². The number of carbonyl (C=O) groups excluding carboxylic acids is 1. The van der Waals surface area contributed by atoms with Crippen LogP contribution in [-0.4, -0.2) is 16.8 Å². The second-order valence-corrected chi connectivity index (χ2v) is 5.09. The molecule has 2 aromatic rings. The molecule has 24 heavy (non-hydrogen) atoms. The first-order valence-corrected chi connectivity index (χ1v) is 6.98. The van der Waals surface area contributed by atoms with Crippen LogP contribution in [-0.2, 0) is 9.53 Å². The van der Waals surface area contributed by atoms with E-state index >= 15 is 0 Å². The number of benzene rings is 2. The number of esters is 1. The Bertz CT molecular complexity index is 901. The first-order chi connectivity index (χ1) is 11.5. The summed E-state index contributed by atoms with van der Waals surface area (Å²) in [4.78, 5) is 26.5. The van der Waals surface area contributed by atoms with E-state index in [-0.39, 0.29) is 23.1 Å². The van der Waals surface area contributed by atoms with E-state index in [1.807, 2.05) is 0 Å². The van der Waals surface area contributed by atoms with Crippen molar-refractivity contribution < 1.29 is 18.8 Å². The van der Waals surface area contributed by atoms with Gasteiger partial charge in [0.2, 0.25) is 5.90 Å². The summed E-state index contributed by atoms with van der Waals surface area (Å²) in [7, 11) is 0. The lowest BCUT2D eigenvalue weighted by Gasteiger charge is -2.04. The van der Waals surface area contributed by atoms with Crippen molar-refractivity contribution in [2.24, 2.45) is 4.99 Å². The Balaban J connectivity index is 1.99. The molecular weight excluding hydrogens is 315 g/mol. The van der Waals surface area contributed by atoms with Gasteiger partial charge in [0, 0.05) is 17.2 Å². The van der Waals surface area contributed by atoms with Gasteiger partial charge in [0.05, 0.1) is 4.92 Å². The van der Waals surface area contributed by atoms with Crippen LogP contribution < -0.4 is 0 Å². The molecule has 0 bridgehead atoms. The highest BCUT2D eigenvalue weighted by Crippen LogP contribution is 2.26. The minimum atomic E-state index is -0.666. The highest BCUT2D eigenvalue weighted by Gasteiger charge is 2.27. The molecule has 120 valence electrons. The van der Waals surface area contributed by atoms with Crippen LogP contribution in [0.25, 0.3) is 6.08 Å². The summed E-state index contributed by atoms with van der Waals surface area (Å²) in [6.45, 7) is 1.56. The third kappa shape index (κ3) is 2.91. The molecule has 1 aliphatic rings. The van der Waals surface area contributed by atoms with Crippen molar-refractivity contribution in [2.45, 2.75) is 6.92 Å². The topological polar surface area (TPSA) is 81.8 Å². The van der Waals surface area contributed by atoms with E-state index in [0.29, 0.717) is 16.7 Å². The van der Waals surface area contributed by atoms with Gasteiger partial charge in [-0.3, -0.25) is 10.1 Å². The first-order valence-electron chi connectivity index (χ1n) is 6.98. The lowest BCUT2D eigenvalue weighted by Crippen LogP contribution is -2.08. The molecule has 0 N–H and O–H groups in total. The maximum atomic E-state index is 12.9. The van der Waals surface area contributed by atoms with Crippen LogP contribution in [0.5, 0.6) is 0 Å². The van der Waals surface area contributed by atoms with Gasteiger partial charge >= 0.3 is 5.97 Å². The SMILES string of the molecule is Cc1c(C2=NC(=Cc3ccc(F)cc3)C(=O)O2)cccc1[N+](=O)[O-]. The number of nitrogens with zero attached hydrogens (tertiary/aromatic N) is 2. The third-order valence-electron chi connectivity index (χ3n) is 3.53. The lowest BCUT2D eigenvalue weighted by atomic mass is 10.1. The summed E-state index contributed by atoms with van der Waals surface area (Å²) in [5.41, 5.74) is 1.28. The number of hydrogen-bond donors (Lipinski definition) is 0. The second-order valence-electron chi connectivity index (χ2n) is 5.09. The molecule has 7 heteroatoms. The minimum absolute atomic E-state index is 0.00885. The van der Waals surface area contributed by atoms with Crippen molar-refractivity contribution >= 4 is 23.6 Å². The van der Waals surface area contributed by atoms with E-state index in [4.69, 9.17) is 4.74 Å². The molecule has 0 radical (unpaired) electrons. The molecule has 3 rings (SSSR count). The van der Waals surface area contributed by atoms with Crippen LogP contribution in [0.2, 0.25) is 0 Å². The van der Waals surface area contributed by atoms with Crippen LogP contribution in [0.1, 0.15) is 16.7 Å². The number of nitro groups is 1. The zero-order chi connectivity index (χ0) is 17.3. The van der Waals surface area contributed by atoms with Gasteiger partial charge in [0.1, 0.15) is 5.82 Å². The predicted octanol–water partition coefficient (Wildman–Crippen LogP) is 3.39. The summed E-state index contributed by atoms with van der Waals surface area (Å²) in [5.74, 6) is -1.04. The summed E-state index contributed by atoms with van der Waals surface area (Å²) >= 11 is 0. The molecule has 0 saturated heterocycles. The van der Waals surface area contributed by atoms with Gasteiger partial charge in [-0.1, -0.05) is 18.2 Å². The molecule has 0 atom stereocenters. The van der Waals surface area contributed by atoms with Crippen LogP contribution in [0.3, 0.4) is 0 Å². The first kappa shape index (κ1) is 15.5. The molecular formula is C17H11FN2O4. The Kier molecular flexibility index (Phi) is 3.91. The van der Waals surface area contributed by atoms with Crippen LogP contribution in [0.4, 0.5) is 10.1 Å². The average molecular weight is 326 g/mol. The number of rotatable bonds is 3. The van der Waals surface area contributed by atoms with Gasteiger partial charge in [0.25, 0.3) is 5.69 Å². The quantitative estimate of drug-likeness (QED) is 0.375. The molecule has 2 aromatic carbocycles. The molecule has 0 unspecified atom stereocenters. The van der Waals surface area contributed by atoms with Crippen molar-refractivity contribution in [3.63, 3.8) is 0 Å². The number of halogens is 1. The molecule has 0 fully saturated rings. The second kappa shape index (κ2) is 6.04. The van der Waals surface area contributed by atoms with E-state index in [0.717, 1.165) is 0 Å². The van der Waals surface area contributed by atoms with Crippen molar-refractivity contribution in [3.05, 3.63) is 80.8 Å². The van der Waals surface area contributed by atoms with E-state index in [9.17, 15) is 19.3 Å². The largest absolute Gasteiger partial charge is 0.402 e. The Morgan fingerprint density at radius 2 is 1.92 bits per heavy atom. The van der Waals surface area contributed by atoms with Crippen molar-refractivity contribution in [2.75, 3.05) is 0 Å². The Morgan fingerprint density at radius 1 is 1.21 bits per heavy atom. The summed E-state index contributed by atoms with van der Waals surface area (Å²) < 4.78 is 18.0. The smallest absolute Gasteiger partial charge is 0.363 e. The van der Waals surface area contributed by atoms with Crippen molar-refractivity contribution in [3.8, 4) is 0 Å². The van der Waals surface area contributed by atoms with Crippen molar-refractivity contribution in [1.29, 1.82) is 0 Å². The maximum absolute atomic E-state index is 12.9. The normalized spacial score (nSPS) is 15.3. The van der Waals surface area contributed by atoms with Crippen LogP contribution in [0, 0.1) is 22.9 Å². The van der Waals surface area contributed by atoms with Gasteiger partial charge in [-0.15, -0.1) is 0 Å². The van der Waals surface area contributed by atoms with E-state index in [2.05, 4.69) is 4.99 Å². The van der Waals surface area contributed by atoms with E-state index in [1.165, 1.54) is 42.5 Å². The zero-order valence-corrected chi connectivity index (χ0v) is 12.5. The molecule has 0 spiro atoms. The van der Waals surface area contributed by atoms with Crippen LogP contribution in [0.15, 0.2) is 53.2 Å². The number of hydrogen-bond acceptors (Lipinski definition) is 5. The van der Waals surface area contributed by atoms with Crippen molar-refractivity contribution in [1.82, 2.24) is 0 Å². The van der Waals surface area contributed by atoms with Gasteiger partial charge in [-0.25, -0.2) is 14.2 Å². The fourth-order valence-electron chi connectivity index (χ4n) is 2.29. The predicted molar refractivity (Wildman–Crippen MR) is 84.8 cm³/mol. The number of ether oxygens (including phenoxy) is 1. The van der Waals surface area contributed by atoms with Gasteiger partial charge in [0.15, 0.2) is 5.70 Å². The summed E-state index contributed by atoms with van der Waals surface area (Å²) in [6.07, 6.45) is 1.46. The van der Waals surface area contributed by atoms with Gasteiger partial charge in [-0.05, 0) is 36.8 Å². The molecule has 0 aromatic heterocycles. The average Bonchev–Trinajstić information content (AvgIpc) is 2.90. The Morgan fingerprint density at radius 3 is 2.58 bits per heavy atom. The summed E-state index contributed by atoms with van der Waals surface area (Å²) in [6, 6.07) is 9.99. The van der Waals surface area contributed by atoms with Crippen LogP contribution >= 0.6 is 0 Å². The monoisotopic (exact) mass is 326 g/mol. The number of carbonyl (C=O) groups is 1. The molecule has 6 nitrogen and oxygen atoms in total. The fraction of sp³-hybridized carbons (Fsp3) is 0.0588. The molecule has 0 aliphatic carbocycles.